The maximum absolute atomic E-state index is 14.1. The quantitative estimate of drug-likeness (QED) is 0.324. The van der Waals surface area contributed by atoms with Gasteiger partial charge in [-0.05, 0) is 42.8 Å². The first-order valence-corrected chi connectivity index (χ1v) is 16.6. The molecule has 1 aromatic heterocycles. The average molecular weight is 694 g/mol. The van der Waals surface area contributed by atoms with E-state index in [1.807, 2.05) is 24.3 Å². The molecule has 1 atom stereocenters. The number of halogens is 3. The number of rotatable bonds is 6. The summed E-state index contributed by atoms with van der Waals surface area (Å²) >= 11 is 15.8. The molecule has 3 heterocycles. The third-order valence-electron chi connectivity index (χ3n) is 7.30. The molecule has 0 aliphatic carbocycles. The number of aromatic nitrogens is 2. The number of carbonyl (C=O) groups is 1. The Morgan fingerprint density at radius 2 is 1.65 bits per heavy atom. The highest BCUT2D eigenvalue weighted by atomic mass is 79.9. The highest BCUT2D eigenvalue weighted by molar-refractivity contribution is 9.10. The van der Waals surface area contributed by atoms with E-state index < -0.39 is 47.2 Å². The predicted octanol–water partition coefficient (Wildman–Crippen LogP) is 4.24. The highest BCUT2D eigenvalue weighted by Crippen LogP contribution is 2.54. The summed E-state index contributed by atoms with van der Waals surface area (Å²) < 4.78 is 42.9. The van der Waals surface area contributed by atoms with Gasteiger partial charge in [-0.25, -0.2) is 18.3 Å². The van der Waals surface area contributed by atoms with Gasteiger partial charge in [0.05, 0.1) is 11.9 Å². The second-order valence-corrected chi connectivity index (χ2v) is 15.6. The van der Waals surface area contributed by atoms with Crippen LogP contribution in [0.15, 0.2) is 58.2 Å². The Kier molecular flexibility index (Phi) is 7.55. The van der Waals surface area contributed by atoms with Crippen LogP contribution in [0.4, 0.5) is 11.6 Å². The summed E-state index contributed by atoms with van der Waals surface area (Å²) in [4.78, 5) is 38.8. The first-order valence-electron chi connectivity index (χ1n) is 12.0. The smallest absolute Gasteiger partial charge is 0.356 e. The number of piperidine rings is 1. The lowest BCUT2D eigenvalue weighted by atomic mass is 9.92. The van der Waals surface area contributed by atoms with E-state index >= 15 is 0 Å². The van der Waals surface area contributed by atoms with Crippen molar-refractivity contribution in [2.45, 2.75) is 42.1 Å². The highest BCUT2D eigenvalue weighted by Gasteiger charge is 2.54. The van der Waals surface area contributed by atoms with Crippen molar-refractivity contribution in [3.8, 4) is 0 Å². The molecule has 1 fully saturated rings. The van der Waals surface area contributed by atoms with Crippen LogP contribution < -0.4 is 4.90 Å². The van der Waals surface area contributed by atoms with Gasteiger partial charge in [-0.15, -0.1) is 0 Å². The topological polar surface area (TPSA) is 153 Å². The van der Waals surface area contributed by atoms with E-state index in [0.717, 1.165) is 20.5 Å². The predicted molar refractivity (Wildman–Crippen MR) is 152 cm³/mol. The summed E-state index contributed by atoms with van der Waals surface area (Å²) in [5.41, 5.74) is -0.376. The molecule has 16 heteroatoms. The fourth-order valence-electron chi connectivity index (χ4n) is 5.12. The Labute approximate surface area is 248 Å². The van der Waals surface area contributed by atoms with Gasteiger partial charge >= 0.3 is 7.60 Å². The van der Waals surface area contributed by atoms with Crippen LogP contribution in [0.25, 0.3) is 0 Å². The van der Waals surface area contributed by atoms with Gasteiger partial charge in [0, 0.05) is 46.9 Å². The van der Waals surface area contributed by atoms with Crippen LogP contribution in [0, 0.1) is 0 Å². The van der Waals surface area contributed by atoms with Crippen molar-refractivity contribution in [3.05, 3.63) is 68.7 Å². The standard InChI is InChI=1S/C24H24BrCl2N4O7PS/c1-23(13-15-2-4-16(25)5-3-15)21(32)30(19-11-17(26)10-18(27)12-19)22-28-14-20(31(22)23)40(37,38)29-8-6-24(33,7-9-29)39(34,35)36/h2-5,10-12,14,33H,6-9,13H2,1H3,(H2,34,35,36)/t23-/m1/s1. The lowest BCUT2D eigenvalue weighted by Crippen LogP contribution is -2.47. The number of anilines is 2. The molecular formula is C24H24BrCl2N4O7PS. The Morgan fingerprint density at radius 3 is 2.20 bits per heavy atom. The molecule has 0 spiro atoms. The Bertz CT molecular complexity index is 1640. The number of hydrogen-bond donors (Lipinski definition) is 3. The number of fused-ring (bicyclic) bond motifs is 1. The third kappa shape index (κ3) is 4.95. The summed E-state index contributed by atoms with van der Waals surface area (Å²) in [5, 5.41) is 8.37. The van der Waals surface area contributed by atoms with Gasteiger partial charge in [0.25, 0.3) is 15.9 Å². The molecule has 214 valence electrons. The van der Waals surface area contributed by atoms with Crippen molar-refractivity contribution in [1.29, 1.82) is 0 Å². The fraction of sp³-hybridized carbons (Fsp3) is 0.333. The SMILES string of the molecule is C[C@@]1(Cc2ccc(Br)cc2)C(=O)N(c2cc(Cl)cc(Cl)c2)c2ncc(S(=O)(=O)N3CCC(O)(P(=O)(O)O)CC3)n21. The molecule has 2 aromatic carbocycles. The molecule has 40 heavy (non-hydrogen) atoms. The van der Waals surface area contributed by atoms with Crippen LogP contribution in [0.2, 0.25) is 10.0 Å². The van der Waals surface area contributed by atoms with E-state index in [2.05, 4.69) is 20.9 Å². The van der Waals surface area contributed by atoms with Crippen LogP contribution >= 0.6 is 46.7 Å². The molecule has 0 bridgehead atoms. The van der Waals surface area contributed by atoms with E-state index in [1.54, 1.807) is 6.92 Å². The van der Waals surface area contributed by atoms with Crippen molar-refractivity contribution < 1.29 is 32.7 Å². The molecule has 2 aliphatic rings. The number of imidazole rings is 1. The maximum Gasteiger partial charge on any atom is 0.356 e. The maximum atomic E-state index is 14.1. The Morgan fingerprint density at radius 1 is 1.07 bits per heavy atom. The number of nitrogens with zero attached hydrogens (tertiary/aromatic N) is 4. The molecular weight excluding hydrogens is 670 g/mol. The van der Waals surface area contributed by atoms with Gasteiger partial charge in [-0.3, -0.25) is 13.9 Å². The first kappa shape index (κ1) is 29.7. The molecule has 0 saturated carbocycles. The van der Waals surface area contributed by atoms with Crippen molar-refractivity contribution >= 4 is 74.3 Å². The van der Waals surface area contributed by atoms with Crippen LogP contribution in [0.3, 0.4) is 0 Å². The number of hydrogen-bond acceptors (Lipinski definition) is 6. The Balaban J connectivity index is 1.61. The average Bonchev–Trinajstić information content (AvgIpc) is 3.38. The summed E-state index contributed by atoms with van der Waals surface area (Å²) in [7, 11) is -9.21. The largest absolute Gasteiger partial charge is 0.377 e. The zero-order valence-electron chi connectivity index (χ0n) is 20.9. The van der Waals surface area contributed by atoms with E-state index in [-0.39, 0.29) is 40.5 Å². The minimum absolute atomic E-state index is 0.0465. The molecule has 0 radical (unpaired) electrons. The molecule has 3 N–H and O–H groups in total. The molecule has 1 amide bonds. The second-order valence-electron chi connectivity index (χ2n) is 10.0. The molecule has 11 nitrogen and oxygen atoms in total. The molecule has 3 aromatic rings. The van der Waals surface area contributed by atoms with E-state index in [1.165, 1.54) is 27.7 Å². The minimum atomic E-state index is -4.89. The number of benzene rings is 2. The summed E-state index contributed by atoms with van der Waals surface area (Å²) in [6.07, 6.45) is 0.354. The number of amides is 1. The molecule has 0 unspecified atom stereocenters. The number of carbonyl (C=O) groups excluding carboxylic acids is 1. The summed E-state index contributed by atoms with van der Waals surface area (Å²) in [6, 6.07) is 11.8. The first-order chi connectivity index (χ1) is 18.6. The summed E-state index contributed by atoms with van der Waals surface area (Å²) in [6.45, 7) is 0.946. The van der Waals surface area contributed by atoms with E-state index in [4.69, 9.17) is 23.2 Å². The third-order valence-corrected chi connectivity index (χ3v) is 11.7. The lowest BCUT2D eigenvalue weighted by Gasteiger charge is -2.37. The van der Waals surface area contributed by atoms with Gasteiger partial charge in [-0.2, -0.15) is 4.31 Å². The zero-order chi connectivity index (χ0) is 29.3. The minimum Gasteiger partial charge on any atom is -0.377 e. The van der Waals surface area contributed by atoms with Gasteiger partial charge in [0.2, 0.25) is 5.95 Å². The molecule has 2 aliphatic heterocycles. The lowest BCUT2D eigenvalue weighted by molar-refractivity contribution is -0.124. The fourth-order valence-corrected chi connectivity index (χ4v) is 8.31. The molecule has 5 rings (SSSR count). The second kappa shape index (κ2) is 10.2. The van der Waals surface area contributed by atoms with Crippen molar-refractivity contribution in [3.63, 3.8) is 0 Å². The summed E-state index contributed by atoms with van der Waals surface area (Å²) in [5.74, 6) is -0.409. The van der Waals surface area contributed by atoms with Gasteiger partial charge in [-0.1, -0.05) is 51.3 Å². The van der Waals surface area contributed by atoms with Crippen molar-refractivity contribution in [2.75, 3.05) is 18.0 Å². The van der Waals surface area contributed by atoms with Gasteiger partial charge < -0.3 is 14.9 Å². The van der Waals surface area contributed by atoms with Gasteiger partial charge in [0.1, 0.15) is 5.54 Å². The number of aliphatic hydroxyl groups is 1. The number of sulfonamides is 1. The van der Waals surface area contributed by atoms with Gasteiger partial charge in [0.15, 0.2) is 10.4 Å². The van der Waals surface area contributed by atoms with Crippen LogP contribution in [-0.4, -0.2) is 61.5 Å². The van der Waals surface area contributed by atoms with Crippen molar-refractivity contribution in [1.82, 2.24) is 13.9 Å². The van der Waals surface area contributed by atoms with Crippen LogP contribution in [-0.2, 0) is 31.3 Å². The van der Waals surface area contributed by atoms with Crippen LogP contribution in [0.1, 0.15) is 25.3 Å². The monoisotopic (exact) mass is 692 g/mol. The Hall–Kier alpha value is -1.80. The van der Waals surface area contributed by atoms with E-state index in [9.17, 15) is 32.7 Å². The van der Waals surface area contributed by atoms with E-state index in [0.29, 0.717) is 5.69 Å². The van der Waals surface area contributed by atoms with Crippen LogP contribution in [0.5, 0.6) is 0 Å². The zero-order valence-corrected chi connectivity index (χ0v) is 25.7. The van der Waals surface area contributed by atoms with Crippen molar-refractivity contribution in [2.24, 2.45) is 0 Å². The normalized spacial score (nSPS) is 21.6. The molecule has 1 saturated heterocycles.